The van der Waals surface area contributed by atoms with Crippen molar-refractivity contribution in [3.63, 3.8) is 0 Å². The SMILES string of the molecule is CC1(C)c2ccccc2-c2ccc(-n3c4ccccc4c4cc(N(c5ccccc5)c5ccc6c7c(cccc57)C5(c7ccccc7Sc7ccccc75)c5ccccc5-6)ccc43)cc21. The van der Waals surface area contributed by atoms with Crippen molar-refractivity contribution in [2.45, 2.75) is 34.5 Å². The lowest BCUT2D eigenvalue weighted by Gasteiger charge is -2.46. The highest BCUT2D eigenvalue weighted by atomic mass is 32.2. The Hall–Kier alpha value is -7.59. The molecule has 1 aromatic heterocycles. The molecule has 0 radical (unpaired) electrons. The molecule has 0 bridgehead atoms. The zero-order valence-corrected chi connectivity index (χ0v) is 36.9. The van der Waals surface area contributed by atoms with Gasteiger partial charge in [-0.3, -0.25) is 0 Å². The van der Waals surface area contributed by atoms with Gasteiger partial charge in [0.05, 0.1) is 22.1 Å². The molecule has 0 N–H and O–H groups in total. The molecule has 3 aliphatic rings. The molecule has 2 aliphatic carbocycles. The molecule has 2 heterocycles. The van der Waals surface area contributed by atoms with E-state index in [9.17, 15) is 0 Å². The smallest absolute Gasteiger partial charge is 0.0735 e. The Labute approximate surface area is 383 Å². The summed E-state index contributed by atoms with van der Waals surface area (Å²) in [4.78, 5) is 5.10. The highest BCUT2D eigenvalue weighted by molar-refractivity contribution is 7.99. The number of nitrogens with zero attached hydrogens (tertiary/aromatic N) is 2. The fourth-order valence-electron chi connectivity index (χ4n) is 12.1. The molecule has 11 aromatic rings. The summed E-state index contributed by atoms with van der Waals surface area (Å²) in [6, 6.07) is 82.0. The standard InChI is InChI=1S/C62H42N2S/c1-61(2)49-23-9-6-19-42(49)44-33-31-41(38-54(44)61)64-55-28-13-8-21-45(55)48-37-40(32-35-57(48)64)63(39-17-4-3-5-18-39)56-36-34-46-43-20-7-10-24-50(43)62(53-27-16-22-47(56)60(46)53)51-25-11-14-29-58(51)65-59-30-15-12-26-52(59)62/h3-38H,1-2H3. The van der Waals surface area contributed by atoms with Crippen LogP contribution in [0.3, 0.4) is 0 Å². The van der Waals surface area contributed by atoms with E-state index in [2.05, 4.69) is 242 Å². The second-order valence-corrected chi connectivity index (χ2v) is 19.5. The van der Waals surface area contributed by atoms with Crippen molar-refractivity contribution in [1.82, 2.24) is 4.57 Å². The predicted molar refractivity (Wildman–Crippen MR) is 272 cm³/mol. The lowest BCUT2D eigenvalue weighted by molar-refractivity contribution is 0.660. The van der Waals surface area contributed by atoms with Crippen molar-refractivity contribution < 1.29 is 0 Å². The minimum Gasteiger partial charge on any atom is -0.310 e. The molecule has 0 unspecified atom stereocenters. The Morgan fingerprint density at radius 1 is 0.385 bits per heavy atom. The quantitative estimate of drug-likeness (QED) is 0.174. The van der Waals surface area contributed by atoms with Gasteiger partial charge in [0, 0.05) is 48.4 Å². The second-order valence-electron chi connectivity index (χ2n) is 18.4. The number of hydrogen-bond acceptors (Lipinski definition) is 2. The third kappa shape index (κ3) is 4.91. The first-order chi connectivity index (χ1) is 32.0. The fourth-order valence-corrected chi connectivity index (χ4v) is 13.3. The van der Waals surface area contributed by atoms with Gasteiger partial charge in [-0.25, -0.2) is 0 Å². The van der Waals surface area contributed by atoms with E-state index >= 15 is 0 Å². The van der Waals surface area contributed by atoms with Gasteiger partial charge < -0.3 is 9.47 Å². The Bertz CT molecular complexity index is 3750. The van der Waals surface area contributed by atoms with Crippen molar-refractivity contribution in [1.29, 1.82) is 0 Å². The largest absolute Gasteiger partial charge is 0.310 e. The van der Waals surface area contributed by atoms with Crippen molar-refractivity contribution in [2.24, 2.45) is 0 Å². The topological polar surface area (TPSA) is 8.17 Å². The number of para-hydroxylation sites is 2. The van der Waals surface area contributed by atoms with Crippen LogP contribution in [0.15, 0.2) is 228 Å². The molecule has 306 valence electrons. The molecule has 65 heavy (non-hydrogen) atoms. The number of aromatic nitrogens is 1. The molecule has 10 aromatic carbocycles. The van der Waals surface area contributed by atoms with Gasteiger partial charge in [0.1, 0.15) is 0 Å². The summed E-state index contributed by atoms with van der Waals surface area (Å²) >= 11 is 1.89. The molecule has 0 saturated heterocycles. The summed E-state index contributed by atoms with van der Waals surface area (Å²) in [7, 11) is 0. The maximum absolute atomic E-state index is 2.48. The average molecular weight is 847 g/mol. The van der Waals surface area contributed by atoms with Gasteiger partial charge in [-0.1, -0.05) is 177 Å². The van der Waals surface area contributed by atoms with Gasteiger partial charge in [-0.15, -0.1) is 0 Å². The highest BCUT2D eigenvalue weighted by Crippen LogP contribution is 2.62. The van der Waals surface area contributed by atoms with Crippen LogP contribution in [-0.2, 0) is 10.8 Å². The minimum absolute atomic E-state index is 0.0901. The van der Waals surface area contributed by atoms with Crippen molar-refractivity contribution in [3.05, 3.63) is 252 Å². The van der Waals surface area contributed by atoms with Crippen molar-refractivity contribution >= 4 is 61.4 Å². The van der Waals surface area contributed by atoms with Crippen LogP contribution in [0.5, 0.6) is 0 Å². The first-order valence-electron chi connectivity index (χ1n) is 22.7. The molecular weight excluding hydrogens is 805 g/mol. The number of rotatable bonds is 4. The Morgan fingerprint density at radius 3 is 1.75 bits per heavy atom. The molecule has 0 saturated carbocycles. The number of anilines is 3. The number of benzene rings is 10. The van der Waals surface area contributed by atoms with Gasteiger partial charge in [0.2, 0.25) is 0 Å². The summed E-state index contributed by atoms with van der Waals surface area (Å²) in [6.07, 6.45) is 0. The zero-order chi connectivity index (χ0) is 43.0. The molecular formula is C62H42N2S. The molecule has 1 spiro atoms. The van der Waals surface area contributed by atoms with Crippen LogP contribution in [0, 0.1) is 0 Å². The van der Waals surface area contributed by atoms with E-state index in [1.165, 1.54) is 104 Å². The first-order valence-corrected chi connectivity index (χ1v) is 23.5. The lowest BCUT2D eigenvalue weighted by Crippen LogP contribution is -2.36. The van der Waals surface area contributed by atoms with Crippen molar-refractivity contribution in [2.75, 3.05) is 4.90 Å². The second kappa shape index (κ2) is 13.5. The van der Waals surface area contributed by atoms with E-state index in [4.69, 9.17) is 0 Å². The minimum atomic E-state index is -0.492. The van der Waals surface area contributed by atoms with Crippen LogP contribution in [-0.4, -0.2) is 4.57 Å². The Balaban J connectivity index is 1.01. The fraction of sp³-hybridized carbons (Fsp3) is 0.0645. The molecule has 3 heteroatoms. The van der Waals surface area contributed by atoms with E-state index in [1.54, 1.807) is 0 Å². The van der Waals surface area contributed by atoms with Crippen LogP contribution in [0.1, 0.15) is 47.2 Å². The summed E-state index contributed by atoms with van der Waals surface area (Å²) in [5.74, 6) is 0. The molecule has 2 nitrogen and oxygen atoms in total. The van der Waals surface area contributed by atoms with E-state index in [1.807, 2.05) is 11.8 Å². The Kier molecular flexibility index (Phi) is 7.63. The maximum Gasteiger partial charge on any atom is 0.0735 e. The summed E-state index contributed by atoms with van der Waals surface area (Å²) in [5, 5.41) is 5.00. The van der Waals surface area contributed by atoms with E-state index in [-0.39, 0.29) is 5.41 Å². The van der Waals surface area contributed by atoms with Crippen LogP contribution in [0.2, 0.25) is 0 Å². The zero-order valence-electron chi connectivity index (χ0n) is 36.1. The predicted octanol–water partition coefficient (Wildman–Crippen LogP) is 16.5. The third-order valence-corrected chi connectivity index (χ3v) is 16.0. The molecule has 0 amide bonds. The molecule has 1 aliphatic heterocycles. The van der Waals surface area contributed by atoms with E-state index < -0.39 is 5.41 Å². The molecule has 0 fully saturated rings. The number of hydrogen-bond donors (Lipinski definition) is 0. The maximum atomic E-state index is 2.48. The van der Waals surface area contributed by atoms with Crippen LogP contribution < -0.4 is 4.90 Å². The van der Waals surface area contributed by atoms with Gasteiger partial charge in [0.25, 0.3) is 0 Å². The van der Waals surface area contributed by atoms with Crippen LogP contribution >= 0.6 is 11.8 Å². The van der Waals surface area contributed by atoms with Crippen LogP contribution in [0.4, 0.5) is 17.1 Å². The third-order valence-electron chi connectivity index (χ3n) is 14.8. The average Bonchev–Trinajstić information content (AvgIpc) is 3.81. The summed E-state index contributed by atoms with van der Waals surface area (Å²) < 4.78 is 2.47. The first kappa shape index (κ1) is 36.8. The monoisotopic (exact) mass is 846 g/mol. The van der Waals surface area contributed by atoms with Crippen molar-refractivity contribution in [3.8, 4) is 27.9 Å². The van der Waals surface area contributed by atoms with E-state index in [0.29, 0.717) is 0 Å². The molecule has 14 rings (SSSR count). The molecule has 0 atom stereocenters. The Morgan fingerprint density at radius 2 is 0.969 bits per heavy atom. The summed E-state index contributed by atoms with van der Waals surface area (Å²) in [6.45, 7) is 4.73. The van der Waals surface area contributed by atoms with Gasteiger partial charge in [-0.05, 0) is 128 Å². The van der Waals surface area contributed by atoms with Gasteiger partial charge >= 0.3 is 0 Å². The summed E-state index contributed by atoms with van der Waals surface area (Å²) in [5.41, 5.74) is 19.8. The normalized spacial score (nSPS) is 14.5. The highest BCUT2D eigenvalue weighted by Gasteiger charge is 2.48. The van der Waals surface area contributed by atoms with Gasteiger partial charge in [0.15, 0.2) is 0 Å². The van der Waals surface area contributed by atoms with Gasteiger partial charge in [-0.2, -0.15) is 0 Å². The number of fused-ring (bicyclic) bond motifs is 14. The lowest BCUT2D eigenvalue weighted by atomic mass is 9.59. The van der Waals surface area contributed by atoms with Crippen LogP contribution in [0.25, 0.3) is 60.5 Å². The van der Waals surface area contributed by atoms with E-state index in [0.717, 1.165) is 17.1 Å².